The molecule has 0 unspecified atom stereocenters. The first-order valence-electron chi connectivity index (χ1n) is 5.82. The fraction of sp³-hybridized carbons (Fsp3) is 0.467. The van der Waals surface area contributed by atoms with Crippen molar-refractivity contribution in [2.45, 2.75) is 39.0 Å². The summed E-state index contributed by atoms with van der Waals surface area (Å²) in [5.74, 6) is 0.759. The van der Waals surface area contributed by atoms with E-state index < -0.39 is 0 Å². The molecule has 15 heavy (non-hydrogen) atoms. The molecule has 0 N–H and O–H groups in total. The summed E-state index contributed by atoms with van der Waals surface area (Å²) >= 11 is 0. The lowest BCUT2D eigenvalue weighted by atomic mass is 9.83. The van der Waals surface area contributed by atoms with Crippen LogP contribution in [0, 0.1) is 5.92 Å². The minimum Gasteiger partial charge on any atom is -0.103 e. The van der Waals surface area contributed by atoms with Crippen LogP contribution in [-0.4, -0.2) is 0 Å². The maximum atomic E-state index is 3.84. The highest BCUT2D eigenvalue weighted by Gasteiger charge is 2.14. The van der Waals surface area contributed by atoms with Gasteiger partial charge >= 0.3 is 0 Å². The summed E-state index contributed by atoms with van der Waals surface area (Å²) in [6, 6.07) is 0. The molecule has 0 saturated heterocycles. The van der Waals surface area contributed by atoms with Gasteiger partial charge in [0.2, 0.25) is 0 Å². The van der Waals surface area contributed by atoms with Gasteiger partial charge in [-0.2, -0.15) is 0 Å². The summed E-state index contributed by atoms with van der Waals surface area (Å²) in [7, 11) is 0. The zero-order valence-electron chi connectivity index (χ0n) is 10.0. The highest BCUT2D eigenvalue weighted by Crippen LogP contribution is 2.29. The van der Waals surface area contributed by atoms with E-state index in [1.165, 1.54) is 37.7 Å². The van der Waals surface area contributed by atoms with Gasteiger partial charge in [-0.25, -0.2) is 0 Å². The van der Waals surface area contributed by atoms with Gasteiger partial charge in [-0.3, -0.25) is 0 Å². The van der Waals surface area contributed by atoms with Gasteiger partial charge in [0.25, 0.3) is 0 Å². The molecule has 0 amide bonds. The van der Waals surface area contributed by atoms with E-state index in [9.17, 15) is 0 Å². The Morgan fingerprint density at radius 2 is 1.60 bits per heavy atom. The summed E-state index contributed by atoms with van der Waals surface area (Å²) in [6.45, 7) is 12.8. The molecule has 1 fully saturated rings. The Bertz CT molecular complexity index is 214. The second-order valence-corrected chi connectivity index (χ2v) is 3.85. The Balaban J connectivity index is 0.000000583. The van der Waals surface area contributed by atoms with Crippen LogP contribution in [0.15, 0.2) is 49.6 Å². The third-order valence-corrected chi connectivity index (χ3v) is 2.62. The van der Waals surface area contributed by atoms with Crippen LogP contribution in [0.2, 0.25) is 0 Å². The monoisotopic (exact) mass is 204 g/mol. The van der Waals surface area contributed by atoms with Crippen LogP contribution in [0.3, 0.4) is 0 Å². The summed E-state index contributed by atoms with van der Waals surface area (Å²) in [5, 5.41) is 0. The minimum atomic E-state index is 0.759. The second-order valence-electron chi connectivity index (χ2n) is 3.85. The van der Waals surface area contributed by atoms with Crippen molar-refractivity contribution in [1.82, 2.24) is 0 Å². The van der Waals surface area contributed by atoms with Crippen molar-refractivity contribution in [3.8, 4) is 0 Å². The first-order chi connectivity index (χ1) is 7.29. The van der Waals surface area contributed by atoms with E-state index in [2.05, 4.69) is 25.8 Å². The number of allylic oxidation sites excluding steroid dienone is 5. The molecule has 1 aliphatic rings. The predicted molar refractivity (Wildman–Crippen MR) is 70.9 cm³/mol. The molecule has 1 saturated carbocycles. The maximum Gasteiger partial charge on any atom is -0.0162 e. The molecule has 0 aromatic carbocycles. The van der Waals surface area contributed by atoms with Crippen LogP contribution in [0.1, 0.15) is 39.0 Å². The largest absolute Gasteiger partial charge is 0.103 e. The van der Waals surface area contributed by atoms with E-state index in [0.29, 0.717) is 0 Å². The first-order valence-corrected chi connectivity index (χ1v) is 5.82. The molecule has 0 aromatic rings. The lowest BCUT2D eigenvalue weighted by molar-refractivity contribution is 0.408. The fourth-order valence-electron chi connectivity index (χ4n) is 1.94. The van der Waals surface area contributed by atoms with E-state index in [1.807, 2.05) is 19.1 Å². The molecule has 0 nitrogen and oxygen atoms in total. The van der Waals surface area contributed by atoms with E-state index in [0.717, 1.165) is 5.92 Å². The minimum absolute atomic E-state index is 0.759. The van der Waals surface area contributed by atoms with Crippen LogP contribution < -0.4 is 0 Å². The highest BCUT2D eigenvalue weighted by atomic mass is 14.2. The normalized spacial score (nSPS) is 17.3. The van der Waals surface area contributed by atoms with Gasteiger partial charge in [0.05, 0.1) is 0 Å². The van der Waals surface area contributed by atoms with Gasteiger partial charge in [0, 0.05) is 0 Å². The standard InChI is InChI=1S/C12H18.C3H6/c1-3-8-11(4-2)12-9-6-5-7-10-12;1-3-2/h3-4,8,12H,1-2,5-7,9-10H2;3H,1H2,2H3/b11-8+;. The molecule has 0 spiro atoms. The van der Waals surface area contributed by atoms with Gasteiger partial charge in [-0.1, -0.05) is 56.7 Å². The van der Waals surface area contributed by atoms with Crippen LogP contribution in [0.4, 0.5) is 0 Å². The summed E-state index contributed by atoms with van der Waals surface area (Å²) in [4.78, 5) is 0. The Morgan fingerprint density at radius 1 is 1.07 bits per heavy atom. The first kappa shape index (κ1) is 14.0. The van der Waals surface area contributed by atoms with Gasteiger partial charge in [-0.05, 0) is 31.3 Å². The molecule has 0 aliphatic heterocycles. The molecule has 1 aliphatic carbocycles. The summed E-state index contributed by atoms with van der Waals surface area (Å²) in [5.41, 5.74) is 1.38. The lowest BCUT2D eigenvalue weighted by Crippen LogP contribution is -2.07. The lowest BCUT2D eigenvalue weighted by Gasteiger charge is -2.22. The molecular formula is C15H24. The second kappa shape index (κ2) is 9.51. The van der Waals surface area contributed by atoms with Gasteiger partial charge in [-0.15, -0.1) is 6.58 Å². The van der Waals surface area contributed by atoms with E-state index in [4.69, 9.17) is 0 Å². The molecular weight excluding hydrogens is 180 g/mol. The molecule has 0 radical (unpaired) electrons. The Kier molecular flexibility index (Phi) is 8.85. The zero-order valence-corrected chi connectivity index (χ0v) is 10.0. The number of hydrogen-bond donors (Lipinski definition) is 0. The topological polar surface area (TPSA) is 0 Å². The van der Waals surface area contributed by atoms with Gasteiger partial charge in [0.15, 0.2) is 0 Å². The van der Waals surface area contributed by atoms with E-state index in [1.54, 1.807) is 6.08 Å². The highest BCUT2D eigenvalue weighted by molar-refractivity contribution is 5.24. The van der Waals surface area contributed by atoms with E-state index >= 15 is 0 Å². The maximum absolute atomic E-state index is 3.84. The van der Waals surface area contributed by atoms with Gasteiger partial charge < -0.3 is 0 Å². The van der Waals surface area contributed by atoms with Crippen LogP contribution in [0.5, 0.6) is 0 Å². The molecule has 1 rings (SSSR count). The molecule has 0 heteroatoms. The van der Waals surface area contributed by atoms with Crippen LogP contribution in [-0.2, 0) is 0 Å². The molecule has 0 heterocycles. The number of rotatable bonds is 3. The molecule has 0 atom stereocenters. The molecule has 0 aromatic heterocycles. The average molecular weight is 204 g/mol. The van der Waals surface area contributed by atoms with Crippen molar-refractivity contribution in [3.05, 3.63) is 49.6 Å². The summed E-state index contributed by atoms with van der Waals surface area (Å²) in [6.07, 6.45) is 14.6. The molecule has 0 bridgehead atoms. The third-order valence-electron chi connectivity index (χ3n) is 2.62. The van der Waals surface area contributed by atoms with Crippen LogP contribution in [0.25, 0.3) is 0 Å². The zero-order chi connectivity index (χ0) is 11.5. The van der Waals surface area contributed by atoms with Gasteiger partial charge in [0.1, 0.15) is 0 Å². The van der Waals surface area contributed by atoms with Crippen molar-refractivity contribution >= 4 is 0 Å². The summed E-state index contributed by atoms with van der Waals surface area (Å²) < 4.78 is 0. The van der Waals surface area contributed by atoms with Crippen LogP contribution >= 0.6 is 0 Å². The van der Waals surface area contributed by atoms with Crippen molar-refractivity contribution < 1.29 is 0 Å². The van der Waals surface area contributed by atoms with Crippen molar-refractivity contribution in [1.29, 1.82) is 0 Å². The fourth-order valence-corrected chi connectivity index (χ4v) is 1.94. The van der Waals surface area contributed by atoms with Crippen molar-refractivity contribution in [2.75, 3.05) is 0 Å². The predicted octanol–water partition coefficient (Wildman–Crippen LogP) is 5.06. The SMILES string of the molecule is C=C/C=C(\C=C)C1CCCCC1.C=CC. The Morgan fingerprint density at radius 3 is 2.00 bits per heavy atom. The quantitative estimate of drug-likeness (QED) is 0.445. The smallest absolute Gasteiger partial charge is 0.0162 e. The average Bonchev–Trinajstić information content (AvgIpc) is 2.28. The third kappa shape index (κ3) is 6.11. The molecule has 84 valence electrons. The van der Waals surface area contributed by atoms with Crippen molar-refractivity contribution in [2.24, 2.45) is 5.92 Å². The van der Waals surface area contributed by atoms with E-state index in [-0.39, 0.29) is 0 Å². The number of hydrogen-bond acceptors (Lipinski definition) is 0. The Hall–Kier alpha value is -1.04. The Labute approximate surface area is 95.1 Å². The van der Waals surface area contributed by atoms with Crippen molar-refractivity contribution in [3.63, 3.8) is 0 Å².